The first-order valence-corrected chi connectivity index (χ1v) is 5.39. The Balaban J connectivity index is 3.08. The number of benzene rings is 1. The van der Waals surface area contributed by atoms with E-state index in [0.29, 0.717) is 6.42 Å². The Morgan fingerprint density at radius 2 is 1.88 bits per heavy atom. The molecule has 0 aliphatic carbocycles. The lowest BCUT2D eigenvalue weighted by atomic mass is 9.81. The van der Waals surface area contributed by atoms with Crippen LogP contribution in [0, 0.1) is 19.3 Å². The lowest BCUT2D eigenvalue weighted by Crippen LogP contribution is -2.38. The maximum absolute atomic E-state index is 11.2. The summed E-state index contributed by atoms with van der Waals surface area (Å²) in [7, 11) is 0. The predicted molar refractivity (Wildman–Crippen MR) is 64.4 cm³/mol. The second-order valence-corrected chi connectivity index (χ2v) is 4.62. The highest BCUT2D eigenvalue weighted by molar-refractivity contribution is 5.75. The van der Waals surface area contributed by atoms with E-state index in [4.69, 9.17) is 5.73 Å². The van der Waals surface area contributed by atoms with E-state index in [9.17, 15) is 9.90 Å². The molecule has 0 bridgehead atoms. The van der Waals surface area contributed by atoms with Crippen molar-refractivity contribution >= 4 is 5.97 Å². The van der Waals surface area contributed by atoms with Gasteiger partial charge in [0.2, 0.25) is 0 Å². The van der Waals surface area contributed by atoms with Gasteiger partial charge in [-0.1, -0.05) is 18.2 Å². The number of carboxylic acids is 1. The molecule has 0 saturated heterocycles. The van der Waals surface area contributed by atoms with Gasteiger partial charge in [-0.25, -0.2) is 0 Å². The van der Waals surface area contributed by atoms with E-state index < -0.39 is 11.4 Å². The van der Waals surface area contributed by atoms with Gasteiger partial charge in [0.05, 0.1) is 5.41 Å². The molecule has 0 aliphatic heterocycles. The van der Waals surface area contributed by atoms with Crippen molar-refractivity contribution in [3.8, 4) is 0 Å². The number of hydrogen-bond acceptors (Lipinski definition) is 2. The van der Waals surface area contributed by atoms with Gasteiger partial charge in [0.25, 0.3) is 0 Å². The van der Waals surface area contributed by atoms with Gasteiger partial charge in [-0.2, -0.15) is 0 Å². The molecule has 0 heterocycles. The van der Waals surface area contributed by atoms with Crippen LogP contribution < -0.4 is 5.73 Å². The van der Waals surface area contributed by atoms with E-state index in [2.05, 4.69) is 0 Å². The Hall–Kier alpha value is -1.35. The fourth-order valence-electron chi connectivity index (χ4n) is 1.75. The zero-order chi connectivity index (χ0) is 12.3. The summed E-state index contributed by atoms with van der Waals surface area (Å²) in [6, 6.07) is 5.98. The van der Waals surface area contributed by atoms with Crippen LogP contribution >= 0.6 is 0 Å². The first-order valence-electron chi connectivity index (χ1n) is 5.39. The van der Waals surface area contributed by atoms with Crippen LogP contribution in [0.1, 0.15) is 23.6 Å². The van der Waals surface area contributed by atoms with E-state index >= 15 is 0 Å². The van der Waals surface area contributed by atoms with Gasteiger partial charge in [-0.3, -0.25) is 4.79 Å². The molecule has 1 atom stereocenters. The van der Waals surface area contributed by atoms with Crippen LogP contribution in [0.4, 0.5) is 0 Å². The minimum absolute atomic E-state index is 0.149. The highest BCUT2D eigenvalue weighted by atomic mass is 16.4. The average molecular weight is 221 g/mol. The average Bonchev–Trinajstić information content (AvgIpc) is 2.23. The largest absolute Gasteiger partial charge is 0.481 e. The SMILES string of the molecule is Cc1cccc(C)c1CC(C)(CN)C(=O)O. The Morgan fingerprint density at radius 3 is 2.25 bits per heavy atom. The number of hydrogen-bond donors (Lipinski definition) is 2. The van der Waals surface area contributed by atoms with Gasteiger partial charge in [-0.05, 0) is 43.9 Å². The minimum atomic E-state index is -0.878. The quantitative estimate of drug-likeness (QED) is 0.816. The van der Waals surface area contributed by atoms with E-state index in [1.54, 1.807) is 6.92 Å². The standard InChI is InChI=1S/C13H19NO2/c1-9-5-4-6-10(2)11(9)7-13(3,8-14)12(15)16/h4-6H,7-8,14H2,1-3H3,(H,15,16). The molecule has 3 heteroatoms. The van der Waals surface area contributed by atoms with Crippen molar-refractivity contribution in [3.05, 3.63) is 34.9 Å². The minimum Gasteiger partial charge on any atom is -0.481 e. The van der Waals surface area contributed by atoms with Crippen molar-refractivity contribution in [1.82, 2.24) is 0 Å². The number of aryl methyl sites for hydroxylation is 2. The molecule has 1 rings (SSSR count). The summed E-state index contributed by atoms with van der Waals surface area (Å²) in [5.74, 6) is -0.836. The monoisotopic (exact) mass is 221 g/mol. The summed E-state index contributed by atoms with van der Waals surface area (Å²) in [6.45, 7) is 5.85. The number of nitrogens with two attached hydrogens (primary N) is 1. The molecule has 0 fully saturated rings. The van der Waals surface area contributed by atoms with E-state index in [0.717, 1.165) is 16.7 Å². The van der Waals surface area contributed by atoms with Crippen LogP contribution in [0.2, 0.25) is 0 Å². The maximum atomic E-state index is 11.2. The molecule has 0 radical (unpaired) electrons. The fraction of sp³-hybridized carbons (Fsp3) is 0.462. The molecular weight excluding hydrogens is 202 g/mol. The van der Waals surface area contributed by atoms with Crippen LogP contribution in [-0.2, 0) is 11.2 Å². The molecule has 0 saturated carbocycles. The van der Waals surface area contributed by atoms with Crippen LogP contribution in [0.25, 0.3) is 0 Å². The summed E-state index contributed by atoms with van der Waals surface area (Å²) in [4.78, 5) is 11.2. The molecule has 0 amide bonds. The second kappa shape index (κ2) is 4.66. The molecule has 1 aromatic carbocycles. The molecule has 0 aromatic heterocycles. The van der Waals surface area contributed by atoms with Crippen molar-refractivity contribution in [2.75, 3.05) is 6.54 Å². The summed E-state index contributed by atoms with van der Waals surface area (Å²) in [5.41, 5.74) is 8.04. The number of carbonyl (C=O) groups is 1. The van der Waals surface area contributed by atoms with Crippen LogP contribution in [0.15, 0.2) is 18.2 Å². The molecule has 16 heavy (non-hydrogen) atoms. The number of rotatable bonds is 4. The third-order valence-corrected chi connectivity index (χ3v) is 3.18. The third kappa shape index (κ3) is 2.42. The van der Waals surface area contributed by atoms with Gasteiger partial charge in [0, 0.05) is 6.54 Å². The molecule has 88 valence electrons. The zero-order valence-corrected chi connectivity index (χ0v) is 10.1. The Bertz CT molecular complexity index is 381. The third-order valence-electron chi connectivity index (χ3n) is 3.18. The normalized spacial score (nSPS) is 14.5. The van der Waals surface area contributed by atoms with Crippen molar-refractivity contribution < 1.29 is 9.90 Å². The number of aliphatic carboxylic acids is 1. The van der Waals surface area contributed by atoms with Crippen molar-refractivity contribution in [3.63, 3.8) is 0 Å². The van der Waals surface area contributed by atoms with E-state index in [-0.39, 0.29) is 6.54 Å². The lowest BCUT2D eigenvalue weighted by molar-refractivity contribution is -0.147. The van der Waals surface area contributed by atoms with Gasteiger partial charge < -0.3 is 10.8 Å². The molecule has 3 nitrogen and oxygen atoms in total. The van der Waals surface area contributed by atoms with E-state index in [1.807, 2.05) is 32.0 Å². The Labute approximate surface area is 96.3 Å². The fourth-order valence-corrected chi connectivity index (χ4v) is 1.75. The first kappa shape index (κ1) is 12.7. The van der Waals surface area contributed by atoms with Gasteiger partial charge in [0.1, 0.15) is 0 Å². The van der Waals surface area contributed by atoms with Gasteiger partial charge in [-0.15, -0.1) is 0 Å². The van der Waals surface area contributed by atoms with Crippen LogP contribution in [-0.4, -0.2) is 17.6 Å². The first-order chi connectivity index (χ1) is 7.40. The summed E-state index contributed by atoms with van der Waals surface area (Å²) < 4.78 is 0. The van der Waals surface area contributed by atoms with Crippen LogP contribution in [0.3, 0.4) is 0 Å². The Morgan fingerprint density at radius 1 is 1.38 bits per heavy atom. The van der Waals surface area contributed by atoms with Crippen molar-refractivity contribution in [2.24, 2.45) is 11.1 Å². The van der Waals surface area contributed by atoms with Gasteiger partial charge >= 0.3 is 5.97 Å². The molecule has 1 aromatic rings. The molecule has 0 aliphatic rings. The molecule has 0 spiro atoms. The van der Waals surface area contributed by atoms with Crippen molar-refractivity contribution in [2.45, 2.75) is 27.2 Å². The number of carboxylic acid groups (broad SMARTS) is 1. The molecule has 1 unspecified atom stereocenters. The summed E-state index contributed by atoms with van der Waals surface area (Å²) in [6.07, 6.45) is 0.483. The highest BCUT2D eigenvalue weighted by Gasteiger charge is 2.32. The van der Waals surface area contributed by atoms with Crippen molar-refractivity contribution in [1.29, 1.82) is 0 Å². The molecular formula is C13H19NO2. The Kier molecular flexibility index (Phi) is 3.70. The summed E-state index contributed by atoms with van der Waals surface area (Å²) in [5, 5.41) is 9.20. The molecule has 3 N–H and O–H groups in total. The smallest absolute Gasteiger partial charge is 0.310 e. The van der Waals surface area contributed by atoms with Gasteiger partial charge in [0.15, 0.2) is 0 Å². The summed E-state index contributed by atoms with van der Waals surface area (Å²) >= 11 is 0. The van der Waals surface area contributed by atoms with Crippen LogP contribution in [0.5, 0.6) is 0 Å². The lowest BCUT2D eigenvalue weighted by Gasteiger charge is -2.24. The van der Waals surface area contributed by atoms with E-state index in [1.165, 1.54) is 0 Å². The maximum Gasteiger partial charge on any atom is 0.310 e. The second-order valence-electron chi connectivity index (χ2n) is 4.62. The predicted octanol–water partition coefficient (Wildman–Crippen LogP) is 1.90. The topological polar surface area (TPSA) is 63.3 Å². The zero-order valence-electron chi connectivity index (χ0n) is 10.1. The highest BCUT2D eigenvalue weighted by Crippen LogP contribution is 2.25.